The summed E-state index contributed by atoms with van der Waals surface area (Å²) in [6.07, 6.45) is 6.38. The predicted octanol–water partition coefficient (Wildman–Crippen LogP) is 3.54. The number of thiophene rings is 1. The topological polar surface area (TPSA) is 66.1 Å². The van der Waals surface area contributed by atoms with Crippen molar-refractivity contribution in [2.45, 2.75) is 32.7 Å². The van der Waals surface area contributed by atoms with Crippen LogP contribution < -0.4 is 16.0 Å². The van der Waals surface area contributed by atoms with Gasteiger partial charge in [0, 0.05) is 17.3 Å². The van der Waals surface area contributed by atoms with Crippen molar-refractivity contribution in [1.29, 1.82) is 0 Å². The van der Waals surface area contributed by atoms with Crippen LogP contribution in [0.25, 0.3) is 15.9 Å². The second-order valence-electron chi connectivity index (χ2n) is 7.33. The van der Waals surface area contributed by atoms with E-state index in [-0.39, 0.29) is 11.2 Å². The van der Waals surface area contributed by atoms with E-state index in [9.17, 15) is 9.59 Å². The van der Waals surface area contributed by atoms with E-state index in [1.807, 2.05) is 19.1 Å². The van der Waals surface area contributed by atoms with Gasteiger partial charge in [-0.1, -0.05) is 6.07 Å². The van der Waals surface area contributed by atoms with Gasteiger partial charge in [-0.25, -0.2) is 9.36 Å². The molecule has 4 aromatic rings. The van der Waals surface area contributed by atoms with Gasteiger partial charge in [0.05, 0.1) is 24.2 Å². The maximum Gasteiger partial charge on any atom is 0.337 e. The summed E-state index contributed by atoms with van der Waals surface area (Å²) in [6.45, 7) is 2.85. The number of benzene rings is 1. The van der Waals surface area contributed by atoms with Crippen LogP contribution in [0.15, 0.2) is 58.4 Å². The molecular weight excluding hydrogens is 398 g/mol. The zero-order chi connectivity index (χ0) is 20.7. The first kappa shape index (κ1) is 18.8. The molecule has 152 valence electrons. The second kappa shape index (κ2) is 7.57. The van der Waals surface area contributed by atoms with Crippen molar-refractivity contribution in [3.05, 3.63) is 85.6 Å². The molecule has 3 aromatic heterocycles. The van der Waals surface area contributed by atoms with E-state index < -0.39 is 0 Å². The molecule has 0 N–H and O–H groups in total. The Morgan fingerprint density at radius 1 is 1.13 bits per heavy atom. The van der Waals surface area contributed by atoms with E-state index in [4.69, 9.17) is 4.74 Å². The number of aryl methyl sites for hydroxylation is 2. The minimum atomic E-state index is -0.333. The zero-order valence-corrected chi connectivity index (χ0v) is 17.4. The third-order valence-corrected chi connectivity index (χ3v) is 6.77. The summed E-state index contributed by atoms with van der Waals surface area (Å²) in [5.74, 6) is 0.711. The molecule has 0 radical (unpaired) electrons. The molecule has 1 aliphatic carbocycles. The molecule has 3 heterocycles. The van der Waals surface area contributed by atoms with Crippen LogP contribution in [0.2, 0.25) is 0 Å². The maximum absolute atomic E-state index is 13.5. The van der Waals surface area contributed by atoms with Crippen molar-refractivity contribution < 1.29 is 4.74 Å². The van der Waals surface area contributed by atoms with Gasteiger partial charge in [0.25, 0.3) is 5.56 Å². The predicted molar refractivity (Wildman–Crippen MR) is 118 cm³/mol. The third-order valence-electron chi connectivity index (χ3n) is 5.46. The summed E-state index contributed by atoms with van der Waals surface area (Å²) < 4.78 is 8.51. The van der Waals surface area contributed by atoms with Gasteiger partial charge in [0.2, 0.25) is 0 Å². The smallest absolute Gasteiger partial charge is 0.337 e. The lowest BCUT2D eigenvalue weighted by Crippen LogP contribution is -2.39. The SMILES string of the molecule is CCOc1ccc(-n2c(=O)c3c4c(sc3n(Cc3cccnc3)c2=O)CCC4)cc1. The highest BCUT2D eigenvalue weighted by Gasteiger charge is 2.25. The molecular formula is C23H21N3O3S. The zero-order valence-electron chi connectivity index (χ0n) is 16.6. The molecule has 5 rings (SSSR count). The largest absolute Gasteiger partial charge is 0.494 e. The number of ether oxygens (including phenoxy) is 1. The van der Waals surface area contributed by atoms with Crippen molar-refractivity contribution in [3.8, 4) is 11.4 Å². The fourth-order valence-corrected chi connectivity index (χ4v) is 5.48. The third kappa shape index (κ3) is 3.06. The summed E-state index contributed by atoms with van der Waals surface area (Å²) in [7, 11) is 0. The quantitative estimate of drug-likeness (QED) is 0.496. The lowest BCUT2D eigenvalue weighted by Gasteiger charge is -2.13. The van der Waals surface area contributed by atoms with E-state index in [1.165, 1.54) is 9.44 Å². The molecule has 0 spiro atoms. The molecule has 0 aliphatic heterocycles. The molecule has 7 heteroatoms. The monoisotopic (exact) mass is 419 g/mol. The van der Waals surface area contributed by atoms with Gasteiger partial charge in [0.15, 0.2) is 0 Å². The number of pyridine rings is 1. The molecule has 0 saturated heterocycles. The Bertz CT molecular complexity index is 1330. The number of aromatic nitrogens is 3. The summed E-state index contributed by atoms with van der Waals surface area (Å²) in [4.78, 5) is 33.2. The minimum absolute atomic E-state index is 0.235. The Hall–Kier alpha value is -3.19. The van der Waals surface area contributed by atoms with Crippen molar-refractivity contribution in [2.75, 3.05) is 6.61 Å². The van der Waals surface area contributed by atoms with Gasteiger partial charge in [0.1, 0.15) is 10.6 Å². The first-order valence-corrected chi connectivity index (χ1v) is 10.9. The lowest BCUT2D eigenvalue weighted by atomic mass is 10.2. The fraction of sp³-hybridized carbons (Fsp3) is 0.261. The molecule has 0 atom stereocenters. The van der Waals surface area contributed by atoms with Gasteiger partial charge in [-0.15, -0.1) is 11.3 Å². The summed E-state index contributed by atoms with van der Waals surface area (Å²) in [5.41, 5.74) is 2.01. The van der Waals surface area contributed by atoms with Crippen molar-refractivity contribution in [3.63, 3.8) is 0 Å². The molecule has 0 bridgehead atoms. The second-order valence-corrected chi connectivity index (χ2v) is 8.42. The van der Waals surface area contributed by atoms with E-state index in [1.54, 1.807) is 52.6 Å². The van der Waals surface area contributed by atoms with Crippen LogP contribution in [0.3, 0.4) is 0 Å². The van der Waals surface area contributed by atoms with Crippen LogP contribution in [0.5, 0.6) is 5.75 Å². The Labute approximate surface area is 177 Å². The van der Waals surface area contributed by atoms with Crippen LogP contribution in [-0.4, -0.2) is 20.7 Å². The van der Waals surface area contributed by atoms with E-state index in [0.29, 0.717) is 30.0 Å². The van der Waals surface area contributed by atoms with Crippen LogP contribution >= 0.6 is 11.3 Å². The highest BCUT2D eigenvalue weighted by Crippen LogP contribution is 2.35. The van der Waals surface area contributed by atoms with Crippen molar-refractivity contribution >= 4 is 21.6 Å². The molecule has 0 fully saturated rings. The minimum Gasteiger partial charge on any atom is -0.494 e. The van der Waals surface area contributed by atoms with Crippen LogP contribution in [0, 0.1) is 0 Å². The first-order valence-electron chi connectivity index (χ1n) is 10.1. The van der Waals surface area contributed by atoms with Gasteiger partial charge in [-0.05, 0) is 67.6 Å². The van der Waals surface area contributed by atoms with Crippen LogP contribution in [0.4, 0.5) is 0 Å². The number of nitrogens with zero attached hydrogens (tertiary/aromatic N) is 3. The number of hydrogen-bond acceptors (Lipinski definition) is 5. The molecule has 30 heavy (non-hydrogen) atoms. The van der Waals surface area contributed by atoms with Gasteiger partial charge >= 0.3 is 5.69 Å². The first-order chi connectivity index (χ1) is 14.7. The van der Waals surface area contributed by atoms with E-state index >= 15 is 0 Å². The van der Waals surface area contributed by atoms with Gasteiger partial charge < -0.3 is 4.74 Å². The fourth-order valence-electron chi connectivity index (χ4n) is 4.11. The highest BCUT2D eigenvalue weighted by atomic mass is 32.1. The Balaban J connectivity index is 1.76. The number of rotatable bonds is 5. The maximum atomic E-state index is 13.5. The van der Waals surface area contributed by atoms with Crippen molar-refractivity contribution in [2.24, 2.45) is 0 Å². The van der Waals surface area contributed by atoms with E-state index in [0.717, 1.165) is 35.2 Å². The Morgan fingerprint density at radius 3 is 2.70 bits per heavy atom. The van der Waals surface area contributed by atoms with Gasteiger partial charge in [-0.2, -0.15) is 0 Å². The molecule has 0 unspecified atom stereocenters. The van der Waals surface area contributed by atoms with Crippen molar-refractivity contribution in [1.82, 2.24) is 14.1 Å². The average molecular weight is 420 g/mol. The Morgan fingerprint density at radius 2 is 1.97 bits per heavy atom. The molecule has 0 saturated carbocycles. The number of hydrogen-bond donors (Lipinski definition) is 0. The number of fused-ring (bicyclic) bond motifs is 3. The lowest BCUT2D eigenvalue weighted by molar-refractivity contribution is 0.340. The molecule has 1 aromatic carbocycles. The summed E-state index contributed by atoms with van der Waals surface area (Å²) in [6, 6.07) is 10.9. The van der Waals surface area contributed by atoms with Crippen LogP contribution in [-0.2, 0) is 19.4 Å². The van der Waals surface area contributed by atoms with E-state index in [2.05, 4.69) is 4.98 Å². The van der Waals surface area contributed by atoms with Gasteiger partial charge in [-0.3, -0.25) is 14.3 Å². The standard InChI is InChI=1S/C23H21N3O3S/c1-2-29-17-10-8-16(9-11-17)26-21(27)20-18-6-3-7-19(18)30-22(20)25(23(26)28)14-15-5-4-12-24-13-15/h4-5,8-13H,2-3,6-7,14H2,1H3. The summed E-state index contributed by atoms with van der Waals surface area (Å²) >= 11 is 1.58. The molecule has 1 aliphatic rings. The molecule has 6 nitrogen and oxygen atoms in total. The highest BCUT2D eigenvalue weighted by molar-refractivity contribution is 7.18. The molecule has 0 amide bonds. The summed E-state index contributed by atoms with van der Waals surface area (Å²) in [5, 5.41) is 0.685. The van der Waals surface area contributed by atoms with Crippen LogP contribution in [0.1, 0.15) is 29.3 Å². The normalized spacial score (nSPS) is 13.0. The average Bonchev–Trinajstić information content (AvgIpc) is 3.35. The Kier molecular flexibility index (Phi) is 4.75.